The van der Waals surface area contributed by atoms with E-state index in [1.54, 1.807) is 34.1 Å². The van der Waals surface area contributed by atoms with Crippen molar-refractivity contribution in [3.63, 3.8) is 0 Å². The molecule has 28 heavy (non-hydrogen) atoms. The molecule has 1 aliphatic heterocycles. The van der Waals surface area contributed by atoms with Crippen LogP contribution >= 0.6 is 15.9 Å². The third-order valence-corrected chi connectivity index (χ3v) is 5.34. The number of halogens is 1. The molecule has 1 saturated heterocycles. The van der Waals surface area contributed by atoms with E-state index < -0.39 is 5.97 Å². The van der Waals surface area contributed by atoms with Gasteiger partial charge in [-0.2, -0.15) is 0 Å². The van der Waals surface area contributed by atoms with Gasteiger partial charge in [0.1, 0.15) is 5.75 Å². The van der Waals surface area contributed by atoms with Crippen molar-refractivity contribution in [3.8, 4) is 5.75 Å². The summed E-state index contributed by atoms with van der Waals surface area (Å²) in [6.07, 6.45) is 0.333. The van der Waals surface area contributed by atoms with Crippen LogP contribution in [-0.4, -0.2) is 53.8 Å². The van der Waals surface area contributed by atoms with E-state index in [1.165, 1.54) is 6.92 Å². The maximum Gasteiger partial charge on any atom is 0.308 e. The number of ether oxygens (including phenoxy) is 1. The Bertz CT molecular complexity index is 891. The first kappa shape index (κ1) is 20.1. The number of hydrogen-bond donors (Lipinski definition) is 0. The van der Waals surface area contributed by atoms with Crippen molar-refractivity contribution in [2.75, 3.05) is 26.2 Å². The van der Waals surface area contributed by atoms with E-state index in [2.05, 4.69) is 15.9 Å². The normalized spacial score (nSPS) is 13.9. The van der Waals surface area contributed by atoms with Crippen LogP contribution in [0.4, 0.5) is 0 Å². The zero-order valence-corrected chi connectivity index (χ0v) is 17.1. The van der Waals surface area contributed by atoms with Crippen LogP contribution in [0.3, 0.4) is 0 Å². The molecule has 2 amide bonds. The van der Waals surface area contributed by atoms with Gasteiger partial charge in [0.15, 0.2) is 0 Å². The lowest BCUT2D eigenvalue weighted by atomic mass is 10.1. The standard InChI is InChI=1S/C21H21BrN2O4/c1-15(25)28-18-7-4-6-17(13-18)21(27)24-11-9-23(10-12-24)20(26)14-16-5-2-3-8-19(16)22/h2-8,13H,9-12,14H2,1H3. The summed E-state index contributed by atoms with van der Waals surface area (Å²) in [6, 6.07) is 14.3. The van der Waals surface area contributed by atoms with E-state index in [9.17, 15) is 14.4 Å². The summed E-state index contributed by atoms with van der Waals surface area (Å²) in [5.41, 5.74) is 1.42. The summed E-state index contributed by atoms with van der Waals surface area (Å²) >= 11 is 3.47. The molecule has 0 aromatic heterocycles. The second kappa shape index (κ2) is 9.01. The molecule has 3 rings (SSSR count). The molecule has 146 valence electrons. The van der Waals surface area contributed by atoms with E-state index in [0.29, 0.717) is 43.9 Å². The molecule has 7 heteroatoms. The fourth-order valence-electron chi connectivity index (χ4n) is 3.12. The molecule has 0 saturated carbocycles. The van der Waals surface area contributed by atoms with Crippen LogP contribution in [-0.2, 0) is 16.0 Å². The predicted octanol–water partition coefficient (Wildman–Crippen LogP) is 2.90. The van der Waals surface area contributed by atoms with Gasteiger partial charge in [-0.05, 0) is 29.8 Å². The molecule has 1 aliphatic rings. The van der Waals surface area contributed by atoms with Gasteiger partial charge in [0, 0.05) is 43.1 Å². The molecule has 6 nitrogen and oxygen atoms in total. The van der Waals surface area contributed by atoms with E-state index in [4.69, 9.17) is 4.74 Å². The number of rotatable bonds is 4. The van der Waals surface area contributed by atoms with Gasteiger partial charge in [0.25, 0.3) is 5.91 Å². The Balaban J connectivity index is 1.57. The number of carbonyl (C=O) groups excluding carboxylic acids is 3. The number of nitrogens with zero attached hydrogens (tertiary/aromatic N) is 2. The van der Waals surface area contributed by atoms with Gasteiger partial charge in [0.05, 0.1) is 6.42 Å². The molecule has 0 unspecified atom stereocenters. The molecule has 1 heterocycles. The van der Waals surface area contributed by atoms with E-state index >= 15 is 0 Å². The van der Waals surface area contributed by atoms with Crippen LogP contribution in [0.15, 0.2) is 53.0 Å². The largest absolute Gasteiger partial charge is 0.427 e. The molecule has 0 N–H and O–H groups in total. The molecule has 2 aromatic rings. The Labute approximate surface area is 172 Å². The number of esters is 1. The molecule has 0 spiro atoms. The van der Waals surface area contributed by atoms with Crippen molar-refractivity contribution in [1.29, 1.82) is 0 Å². The Morgan fingerprint density at radius 1 is 0.964 bits per heavy atom. The lowest BCUT2D eigenvalue weighted by Crippen LogP contribution is -2.51. The number of hydrogen-bond acceptors (Lipinski definition) is 4. The molecular weight excluding hydrogens is 424 g/mol. The van der Waals surface area contributed by atoms with Crippen LogP contribution in [0.5, 0.6) is 5.75 Å². The fourth-order valence-corrected chi connectivity index (χ4v) is 3.54. The van der Waals surface area contributed by atoms with Crippen molar-refractivity contribution in [3.05, 3.63) is 64.1 Å². The molecule has 2 aromatic carbocycles. The minimum Gasteiger partial charge on any atom is -0.427 e. The van der Waals surface area contributed by atoms with Crippen molar-refractivity contribution < 1.29 is 19.1 Å². The number of benzene rings is 2. The van der Waals surface area contributed by atoms with Crippen molar-refractivity contribution >= 4 is 33.7 Å². The van der Waals surface area contributed by atoms with Crippen LogP contribution < -0.4 is 4.74 Å². The van der Waals surface area contributed by atoms with Crippen LogP contribution in [0.25, 0.3) is 0 Å². The minimum absolute atomic E-state index is 0.0517. The van der Waals surface area contributed by atoms with E-state index in [1.807, 2.05) is 24.3 Å². The summed E-state index contributed by atoms with van der Waals surface area (Å²) in [7, 11) is 0. The van der Waals surface area contributed by atoms with Gasteiger partial charge in [-0.15, -0.1) is 0 Å². The monoisotopic (exact) mass is 444 g/mol. The van der Waals surface area contributed by atoms with Crippen molar-refractivity contribution in [2.45, 2.75) is 13.3 Å². The Kier molecular flexibility index (Phi) is 6.46. The maximum atomic E-state index is 12.7. The Hall–Kier alpha value is -2.67. The quantitative estimate of drug-likeness (QED) is 0.536. The Morgan fingerprint density at radius 3 is 2.32 bits per heavy atom. The van der Waals surface area contributed by atoms with Gasteiger partial charge >= 0.3 is 5.97 Å². The lowest BCUT2D eigenvalue weighted by Gasteiger charge is -2.35. The van der Waals surface area contributed by atoms with Gasteiger partial charge in [-0.3, -0.25) is 14.4 Å². The first-order valence-corrected chi connectivity index (χ1v) is 9.82. The number of amides is 2. The summed E-state index contributed by atoms with van der Waals surface area (Å²) in [5.74, 6) is -0.162. The van der Waals surface area contributed by atoms with Gasteiger partial charge in [-0.25, -0.2) is 0 Å². The molecule has 0 radical (unpaired) electrons. The summed E-state index contributed by atoms with van der Waals surface area (Å²) in [4.78, 5) is 39.9. The van der Waals surface area contributed by atoms with Gasteiger partial charge in [-0.1, -0.05) is 40.2 Å². The third kappa shape index (κ3) is 4.98. The molecule has 0 aliphatic carbocycles. The Morgan fingerprint density at radius 2 is 1.64 bits per heavy atom. The molecule has 0 bridgehead atoms. The SMILES string of the molecule is CC(=O)Oc1cccc(C(=O)N2CCN(C(=O)Cc3ccccc3Br)CC2)c1. The highest BCUT2D eigenvalue weighted by molar-refractivity contribution is 9.10. The maximum absolute atomic E-state index is 12.7. The number of piperazine rings is 1. The zero-order valence-electron chi connectivity index (χ0n) is 15.6. The third-order valence-electron chi connectivity index (χ3n) is 4.56. The van der Waals surface area contributed by atoms with E-state index in [-0.39, 0.29) is 11.8 Å². The smallest absolute Gasteiger partial charge is 0.308 e. The number of carbonyl (C=O) groups is 3. The molecule has 1 fully saturated rings. The topological polar surface area (TPSA) is 66.9 Å². The molecular formula is C21H21BrN2O4. The predicted molar refractivity (Wildman–Crippen MR) is 108 cm³/mol. The van der Waals surface area contributed by atoms with Crippen molar-refractivity contribution in [1.82, 2.24) is 9.80 Å². The average molecular weight is 445 g/mol. The second-order valence-corrected chi connectivity index (χ2v) is 7.42. The van der Waals surface area contributed by atoms with Crippen LogP contribution in [0.2, 0.25) is 0 Å². The summed E-state index contributed by atoms with van der Waals surface area (Å²) < 4.78 is 5.96. The molecule has 0 atom stereocenters. The van der Waals surface area contributed by atoms with E-state index in [0.717, 1.165) is 10.0 Å². The van der Waals surface area contributed by atoms with Crippen LogP contribution in [0.1, 0.15) is 22.8 Å². The first-order chi connectivity index (χ1) is 13.4. The highest BCUT2D eigenvalue weighted by Crippen LogP contribution is 2.19. The summed E-state index contributed by atoms with van der Waals surface area (Å²) in [5, 5.41) is 0. The summed E-state index contributed by atoms with van der Waals surface area (Å²) in [6.45, 7) is 3.26. The average Bonchev–Trinajstić information content (AvgIpc) is 2.69. The second-order valence-electron chi connectivity index (χ2n) is 6.56. The van der Waals surface area contributed by atoms with Crippen molar-refractivity contribution in [2.24, 2.45) is 0 Å². The highest BCUT2D eigenvalue weighted by atomic mass is 79.9. The fraction of sp³-hybridized carbons (Fsp3) is 0.286. The first-order valence-electron chi connectivity index (χ1n) is 9.03. The van der Waals surface area contributed by atoms with Gasteiger partial charge in [0.2, 0.25) is 5.91 Å². The lowest BCUT2D eigenvalue weighted by molar-refractivity contribution is -0.132. The minimum atomic E-state index is -0.429. The zero-order chi connectivity index (χ0) is 20.1. The van der Waals surface area contributed by atoms with Gasteiger partial charge < -0.3 is 14.5 Å². The highest BCUT2D eigenvalue weighted by Gasteiger charge is 2.25. The van der Waals surface area contributed by atoms with Crippen LogP contribution in [0, 0.1) is 0 Å².